The molecule has 42 heavy (non-hydrogen) atoms. The molecule has 0 bridgehead atoms. The Morgan fingerprint density at radius 1 is 1.02 bits per heavy atom. The van der Waals surface area contributed by atoms with Crippen LogP contribution in [-0.4, -0.2) is 62.6 Å². The molecular weight excluding hydrogens is 573 g/mol. The second-order valence-corrected chi connectivity index (χ2v) is 17.5. The Labute approximate surface area is 241 Å². The van der Waals surface area contributed by atoms with Crippen molar-refractivity contribution in [3.8, 4) is 0 Å². The smallest absolute Gasteiger partial charge is 0.390 e. The number of phosphoric ester groups is 1. The number of phosphoric acid groups is 1. The maximum atomic E-state index is 13.0. The largest absolute Gasteiger partial charge is 0.471 e. The molecule has 4 aromatic carbocycles. The second kappa shape index (κ2) is 10.1. The zero-order chi connectivity index (χ0) is 29.2. The lowest BCUT2D eigenvalue weighted by atomic mass is 9.94. The van der Waals surface area contributed by atoms with Crippen LogP contribution in [0.15, 0.2) is 67.3 Å². The molecule has 0 aliphatic carbocycles. The highest BCUT2D eigenvalue weighted by Crippen LogP contribution is 2.45. The molecule has 1 aliphatic rings. The quantitative estimate of drug-likeness (QED) is 0.131. The summed E-state index contributed by atoms with van der Waals surface area (Å²) in [6, 6.07) is 19.1. The van der Waals surface area contributed by atoms with Gasteiger partial charge in [-0.3, -0.25) is 13.6 Å². The summed E-state index contributed by atoms with van der Waals surface area (Å²) < 4.78 is 31.5. The maximum absolute atomic E-state index is 13.0. The van der Waals surface area contributed by atoms with Gasteiger partial charge in [0, 0.05) is 6.42 Å². The Hall–Kier alpha value is -3.48. The van der Waals surface area contributed by atoms with E-state index in [4.69, 9.17) is 19.5 Å². The number of rotatable bonds is 8. The number of hydrogen-bond acceptors (Lipinski definition) is 9. The molecular formula is C29H30N5O6PSi. The van der Waals surface area contributed by atoms with Crippen LogP contribution >= 0.6 is 7.82 Å². The summed E-state index contributed by atoms with van der Waals surface area (Å²) in [7, 11) is -6.82. The van der Waals surface area contributed by atoms with Gasteiger partial charge in [-0.2, -0.15) is 0 Å². The Balaban J connectivity index is 1.05. The number of aromatic nitrogens is 4. The number of nitrogen functional groups attached to an aromatic ring is 1. The first-order valence-electron chi connectivity index (χ1n) is 13.7. The number of anilines is 1. The van der Waals surface area contributed by atoms with Crippen molar-refractivity contribution < 1.29 is 28.3 Å². The molecule has 4 N–H and O–H groups in total. The van der Waals surface area contributed by atoms with Crippen LogP contribution in [0.4, 0.5) is 5.82 Å². The molecule has 0 amide bonds. The molecule has 1 fully saturated rings. The minimum absolute atomic E-state index is 0.0730. The molecule has 216 valence electrons. The molecule has 1 unspecified atom stereocenters. The molecule has 3 heterocycles. The van der Waals surface area contributed by atoms with E-state index < -0.39 is 34.3 Å². The van der Waals surface area contributed by atoms with Gasteiger partial charge in [0.25, 0.3) is 0 Å². The average molecular weight is 604 g/mol. The Kier molecular flexibility index (Phi) is 6.55. The first-order valence-corrected chi connectivity index (χ1v) is 18.4. The SMILES string of the molecule is C[Si](C)(COP(=O)(O)OC[C@H]1O[C@@H](n2cnc3c(N)ncnc32)C[C@@H]1O)c1ccc2ccc3cccc4ccc1c2c34. The summed E-state index contributed by atoms with van der Waals surface area (Å²) in [5.74, 6) is 0.240. The summed E-state index contributed by atoms with van der Waals surface area (Å²) in [6.45, 7) is 3.90. The summed E-state index contributed by atoms with van der Waals surface area (Å²) in [5.41, 5.74) is 6.77. The van der Waals surface area contributed by atoms with Crippen LogP contribution in [0.1, 0.15) is 12.6 Å². The van der Waals surface area contributed by atoms with Gasteiger partial charge in [0.05, 0.1) is 25.3 Å². The third-order valence-corrected chi connectivity index (χ3v) is 12.1. The van der Waals surface area contributed by atoms with E-state index in [1.54, 1.807) is 4.57 Å². The molecule has 1 aliphatic heterocycles. The molecule has 11 nitrogen and oxygen atoms in total. The molecule has 0 radical (unpaired) electrons. The fourth-order valence-corrected chi connectivity index (χ4v) is 9.95. The molecule has 2 aromatic heterocycles. The van der Waals surface area contributed by atoms with Crippen molar-refractivity contribution in [1.82, 2.24) is 19.5 Å². The number of benzene rings is 4. The van der Waals surface area contributed by atoms with E-state index in [1.807, 2.05) is 0 Å². The molecule has 0 spiro atoms. The summed E-state index contributed by atoms with van der Waals surface area (Å²) in [6.07, 6.45) is 0.746. The zero-order valence-electron chi connectivity index (χ0n) is 23.0. The predicted molar refractivity (Wildman–Crippen MR) is 163 cm³/mol. The zero-order valence-corrected chi connectivity index (χ0v) is 24.9. The van der Waals surface area contributed by atoms with E-state index in [9.17, 15) is 14.6 Å². The highest BCUT2D eigenvalue weighted by Gasteiger charge is 2.39. The van der Waals surface area contributed by atoms with Gasteiger partial charge in [0.2, 0.25) is 0 Å². The molecule has 6 aromatic rings. The van der Waals surface area contributed by atoms with E-state index in [1.165, 1.54) is 34.2 Å². The monoisotopic (exact) mass is 603 g/mol. The first-order chi connectivity index (χ1) is 20.1. The number of aliphatic hydroxyl groups is 1. The summed E-state index contributed by atoms with van der Waals surface area (Å²) in [4.78, 5) is 23.0. The number of imidazole rings is 1. The number of nitrogens with two attached hydrogens (primary N) is 1. The van der Waals surface area contributed by atoms with Crippen molar-refractivity contribution in [3.63, 3.8) is 0 Å². The summed E-state index contributed by atoms with van der Waals surface area (Å²) in [5, 5.41) is 18.8. The van der Waals surface area contributed by atoms with Gasteiger partial charge in [-0.1, -0.05) is 67.7 Å². The van der Waals surface area contributed by atoms with Crippen LogP contribution in [0.25, 0.3) is 43.5 Å². The highest BCUT2D eigenvalue weighted by atomic mass is 31.2. The fourth-order valence-electron chi connectivity index (χ4n) is 5.97. The Bertz CT molecular complexity index is 1980. The van der Waals surface area contributed by atoms with Gasteiger partial charge in [0.1, 0.15) is 32.2 Å². The van der Waals surface area contributed by atoms with Crippen LogP contribution in [-0.2, 0) is 18.3 Å². The van der Waals surface area contributed by atoms with Crippen LogP contribution in [0.5, 0.6) is 0 Å². The van der Waals surface area contributed by atoms with Gasteiger partial charge in [-0.25, -0.2) is 19.5 Å². The minimum Gasteiger partial charge on any atom is -0.390 e. The van der Waals surface area contributed by atoms with E-state index >= 15 is 0 Å². The Morgan fingerprint density at radius 2 is 1.74 bits per heavy atom. The average Bonchev–Trinajstić information content (AvgIpc) is 3.58. The van der Waals surface area contributed by atoms with Crippen molar-refractivity contribution >= 4 is 70.4 Å². The van der Waals surface area contributed by atoms with Crippen molar-refractivity contribution in [1.29, 1.82) is 0 Å². The summed E-state index contributed by atoms with van der Waals surface area (Å²) >= 11 is 0. The second-order valence-electron chi connectivity index (χ2n) is 11.4. The topological polar surface area (TPSA) is 155 Å². The number of hydrogen-bond donors (Lipinski definition) is 3. The molecule has 13 heteroatoms. The van der Waals surface area contributed by atoms with Crippen molar-refractivity contribution in [2.45, 2.75) is 38.0 Å². The normalized spacial score (nSPS) is 21.2. The van der Waals surface area contributed by atoms with Gasteiger partial charge in [-0.05, 0) is 37.5 Å². The van der Waals surface area contributed by atoms with Crippen molar-refractivity contribution in [2.75, 3.05) is 18.6 Å². The predicted octanol–water partition coefficient (Wildman–Crippen LogP) is 4.24. The number of ether oxygens (including phenoxy) is 1. The van der Waals surface area contributed by atoms with Crippen LogP contribution < -0.4 is 10.9 Å². The number of aliphatic hydroxyl groups excluding tert-OH is 1. The van der Waals surface area contributed by atoms with E-state index in [-0.39, 0.29) is 25.1 Å². The molecule has 7 rings (SSSR count). The lowest BCUT2D eigenvalue weighted by Gasteiger charge is -2.27. The lowest BCUT2D eigenvalue weighted by Crippen LogP contribution is -2.46. The van der Waals surface area contributed by atoms with Crippen LogP contribution in [0, 0.1) is 0 Å². The maximum Gasteiger partial charge on any atom is 0.471 e. The van der Waals surface area contributed by atoms with Crippen LogP contribution in [0.2, 0.25) is 13.1 Å². The van der Waals surface area contributed by atoms with Gasteiger partial charge >= 0.3 is 7.82 Å². The minimum atomic E-state index is -4.44. The van der Waals surface area contributed by atoms with Crippen molar-refractivity contribution in [3.05, 3.63) is 67.3 Å². The van der Waals surface area contributed by atoms with E-state index in [2.05, 4.69) is 82.6 Å². The Morgan fingerprint density at radius 3 is 2.52 bits per heavy atom. The fraction of sp³-hybridized carbons (Fsp3) is 0.276. The van der Waals surface area contributed by atoms with E-state index in [0.29, 0.717) is 11.2 Å². The van der Waals surface area contributed by atoms with Gasteiger partial charge < -0.3 is 20.5 Å². The number of fused-ring (bicyclic) bond motifs is 1. The van der Waals surface area contributed by atoms with Crippen LogP contribution in [0.3, 0.4) is 0 Å². The molecule has 4 atom stereocenters. The first kappa shape index (κ1) is 27.4. The van der Waals surface area contributed by atoms with E-state index in [0.717, 1.165) is 16.0 Å². The standard InChI is InChI=1S/C29H30N5O6PSi/c1-42(2,23-11-9-19-7-6-17-4-3-5-18-8-10-20(23)26(19)25(17)18)16-39-41(36,37)38-13-22-21(35)12-24(40-22)34-15-33-27-28(30)31-14-32-29(27)34/h3-11,14-15,21-22,24,35H,12-13,16H2,1-2H3,(H,36,37)(H2,30,31,32)/t21-,22+,24+/m0/s1. The van der Waals surface area contributed by atoms with Crippen molar-refractivity contribution in [2.24, 2.45) is 0 Å². The van der Waals surface area contributed by atoms with Gasteiger partial charge in [-0.15, -0.1) is 0 Å². The lowest BCUT2D eigenvalue weighted by molar-refractivity contribution is -0.0434. The molecule has 1 saturated heterocycles. The van der Waals surface area contributed by atoms with Gasteiger partial charge in [0.15, 0.2) is 11.5 Å². The third kappa shape index (κ3) is 4.65. The molecule has 0 saturated carbocycles. The third-order valence-electron chi connectivity index (χ3n) is 8.15. The highest BCUT2D eigenvalue weighted by molar-refractivity contribution is 7.47. The number of nitrogens with zero attached hydrogens (tertiary/aromatic N) is 4.